The molecule has 1 rings (SSSR count). The molecule has 18 heavy (non-hydrogen) atoms. The van der Waals surface area contributed by atoms with E-state index in [1.807, 2.05) is 6.07 Å². The monoisotopic (exact) mass is 276 g/mol. The lowest BCUT2D eigenvalue weighted by molar-refractivity contribution is 0.116. The van der Waals surface area contributed by atoms with E-state index in [2.05, 4.69) is 4.18 Å². The van der Waals surface area contributed by atoms with Gasteiger partial charge in [0, 0.05) is 13.1 Å². The summed E-state index contributed by atoms with van der Waals surface area (Å²) in [6.45, 7) is 0.827. The summed E-state index contributed by atoms with van der Waals surface area (Å²) in [5.41, 5.74) is 0. The van der Waals surface area contributed by atoms with Crippen LogP contribution in [-0.4, -0.2) is 50.0 Å². The highest BCUT2D eigenvalue weighted by molar-refractivity contribution is 7.86. The molecular formula is C10H16N2O5S. The molecule has 0 radical (unpaired) electrons. The Bertz CT molecular complexity index is 434. The predicted molar refractivity (Wildman–Crippen MR) is 62.3 cm³/mol. The van der Waals surface area contributed by atoms with Gasteiger partial charge in [-0.1, -0.05) is 0 Å². The summed E-state index contributed by atoms with van der Waals surface area (Å²) in [5.74, 6) is 0.118. The van der Waals surface area contributed by atoms with E-state index in [-0.39, 0.29) is 5.92 Å². The topological polar surface area (TPSA) is 108 Å². The standard InChI is InChI=1S/C10H16N2O5S/c1-18(15,16)17-9(7-11)6-8-2-4-12(5-3-8)10(13)14/h8-9H,2-6H2,1H3,(H,13,14). The molecule has 7 nitrogen and oxygen atoms in total. The minimum Gasteiger partial charge on any atom is -0.465 e. The third-order valence-electron chi connectivity index (χ3n) is 2.87. The molecule has 102 valence electrons. The molecule has 0 aliphatic carbocycles. The zero-order chi connectivity index (χ0) is 13.8. The molecule has 1 atom stereocenters. The van der Waals surface area contributed by atoms with Gasteiger partial charge in [-0.05, 0) is 25.2 Å². The molecule has 0 aromatic heterocycles. The van der Waals surface area contributed by atoms with Gasteiger partial charge in [0.15, 0.2) is 6.10 Å². The van der Waals surface area contributed by atoms with Crippen molar-refractivity contribution in [3.05, 3.63) is 0 Å². The van der Waals surface area contributed by atoms with Crippen molar-refractivity contribution in [2.75, 3.05) is 19.3 Å². The fourth-order valence-electron chi connectivity index (χ4n) is 1.99. The van der Waals surface area contributed by atoms with Gasteiger partial charge < -0.3 is 10.0 Å². The summed E-state index contributed by atoms with van der Waals surface area (Å²) < 4.78 is 26.5. The van der Waals surface area contributed by atoms with Gasteiger partial charge in [-0.2, -0.15) is 13.7 Å². The van der Waals surface area contributed by atoms with E-state index >= 15 is 0 Å². The second-order valence-corrected chi connectivity index (χ2v) is 5.97. The molecular weight excluding hydrogens is 260 g/mol. The number of nitriles is 1. The van der Waals surface area contributed by atoms with E-state index in [1.165, 1.54) is 4.90 Å². The van der Waals surface area contributed by atoms with Gasteiger partial charge in [-0.3, -0.25) is 4.18 Å². The molecule has 0 bridgehead atoms. The Morgan fingerprint density at radius 3 is 2.50 bits per heavy atom. The summed E-state index contributed by atoms with van der Waals surface area (Å²) >= 11 is 0. The van der Waals surface area contributed by atoms with Crippen LogP contribution in [0.3, 0.4) is 0 Å². The van der Waals surface area contributed by atoms with Crippen molar-refractivity contribution in [1.29, 1.82) is 5.26 Å². The highest BCUT2D eigenvalue weighted by Gasteiger charge is 2.26. The van der Waals surface area contributed by atoms with Crippen molar-refractivity contribution in [2.45, 2.75) is 25.4 Å². The van der Waals surface area contributed by atoms with E-state index in [1.54, 1.807) is 0 Å². The van der Waals surface area contributed by atoms with Crippen LogP contribution >= 0.6 is 0 Å². The van der Waals surface area contributed by atoms with Crippen molar-refractivity contribution in [1.82, 2.24) is 4.90 Å². The number of amides is 1. The van der Waals surface area contributed by atoms with Crippen molar-refractivity contribution >= 4 is 16.2 Å². The highest BCUT2D eigenvalue weighted by atomic mass is 32.2. The van der Waals surface area contributed by atoms with Gasteiger partial charge in [0.1, 0.15) is 0 Å². The number of nitrogens with zero attached hydrogens (tertiary/aromatic N) is 2. The molecule has 1 amide bonds. The fraction of sp³-hybridized carbons (Fsp3) is 0.800. The van der Waals surface area contributed by atoms with Gasteiger partial charge >= 0.3 is 6.09 Å². The number of piperidine rings is 1. The second-order valence-electron chi connectivity index (χ2n) is 4.37. The van der Waals surface area contributed by atoms with Crippen molar-refractivity contribution < 1.29 is 22.5 Å². The third-order valence-corrected chi connectivity index (χ3v) is 3.45. The van der Waals surface area contributed by atoms with E-state index in [0.717, 1.165) is 6.26 Å². The summed E-state index contributed by atoms with van der Waals surface area (Å²) in [5, 5.41) is 17.6. The number of carboxylic acid groups (broad SMARTS) is 1. The van der Waals surface area contributed by atoms with Crippen molar-refractivity contribution in [3.8, 4) is 6.07 Å². The van der Waals surface area contributed by atoms with Gasteiger partial charge in [-0.15, -0.1) is 0 Å². The fourth-order valence-corrected chi connectivity index (χ4v) is 2.53. The predicted octanol–water partition coefficient (Wildman–Crippen LogP) is 0.635. The minimum absolute atomic E-state index is 0.118. The van der Waals surface area contributed by atoms with Crippen LogP contribution in [0.5, 0.6) is 0 Å². The number of carbonyl (C=O) groups is 1. The number of hydrogen-bond acceptors (Lipinski definition) is 5. The van der Waals surface area contributed by atoms with Gasteiger partial charge in [0.05, 0.1) is 12.3 Å². The van der Waals surface area contributed by atoms with Gasteiger partial charge in [0.25, 0.3) is 10.1 Å². The zero-order valence-electron chi connectivity index (χ0n) is 10.1. The molecule has 1 saturated heterocycles. The van der Waals surface area contributed by atoms with Crippen molar-refractivity contribution in [2.24, 2.45) is 5.92 Å². The molecule has 0 saturated carbocycles. The maximum atomic E-state index is 10.9. The Balaban J connectivity index is 2.44. The SMILES string of the molecule is CS(=O)(=O)OC(C#N)CC1CCN(C(=O)O)CC1. The maximum Gasteiger partial charge on any atom is 0.407 e. The lowest BCUT2D eigenvalue weighted by Gasteiger charge is -2.30. The minimum atomic E-state index is -3.64. The van der Waals surface area contributed by atoms with E-state index < -0.39 is 22.3 Å². The largest absolute Gasteiger partial charge is 0.465 e. The van der Waals surface area contributed by atoms with Crippen LogP contribution in [-0.2, 0) is 14.3 Å². The van der Waals surface area contributed by atoms with Crippen LogP contribution in [0.25, 0.3) is 0 Å². The number of hydrogen-bond donors (Lipinski definition) is 1. The quantitative estimate of drug-likeness (QED) is 0.755. The Labute approximate surface area is 106 Å². The molecule has 1 unspecified atom stereocenters. The lowest BCUT2D eigenvalue weighted by Crippen LogP contribution is -2.38. The van der Waals surface area contributed by atoms with Crippen LogP contribution in [0, 0.1) is 17.2 Å². The molecule has 1 heterocycles. The van der Waals surface area contributed by atoms with Crippen molar-refractivity contribution in [3.63, 3.8) is 0 Å². The molecule has 1 aliphatic heterocycles. The van der Waals surface area contributed by atoms with E-state index in [0.29, 0.717) is 32.4 Å². The van der Waals surface area contributed by atoms with Crippen LogP contribution in [0.15, 0.2) is 0 Å². The first-order valence-electron chi connectivity index (χ1n) is 5.57. The molecule has 0 aromatic carbocycles. The average Bonchev–Trinajstić information content (AvgIpc) is 2.27. The van der Waals surface area contributed by atoms with E-state index in [4.69, 9.17) is 10.4 Å². The molecule has 8 heteroatoms. The van der Waals surface area contributed by atoms with Crippen LogP contribution in [0.2, 0.25) is 0 Å². The third kappa shape index (κ3) is 4.89. The Morgan fingerprint density at radius 1 is 1.56 bits per heavy atom. The summed E-state index contributed by atoms with van der Waals surface area (Å²) in [7, 11) is -3.64. The Morgan fingerprint density at radius 2 is 2.11 bits per heavy atom. The first-order chi connectivity index (χ1) is 8.31. The van der Waals surface area contributed by atoms with E-state index in [9.17, 15) is 13.2 Å². The van der Waals surface area contributed by atoms with Gasteiger partial charge in [-0.25, -0.2) is 4.79 Å². The summed E-state index contributed by atoms with van der Waals surface area (Å²) in [6.07, 6.45) is 0.537. The summed E-state index contributed by atoms with van der Waals surface area (Å²) in [4.78, 5) is 12.0. The number of rotatable bonds is 4. The Hall–Kier alpha value is -1.33. The number of likely N-dealkylation sites (tertiary alicyclic amines) is 1. The van der Waals surface area contributed by atoms with Crippen LogP contribution in [0.1, 0.15) is 19.3 Å². The molecule has 1 fully saturated rings. The summed E-state index contributed by atoms with van der Waals surface area (Å²) in [6, 6.07) is 1.81. The molecule has 0 spiro atoms. The maximum absolute atomic E-state index is 10.9. The molecule has 0 aromatic rings. The first kappa shape index (κ1) is 14.7. The zero-order valence-corrected chi connectivity index (χ0v) is 10.9. The highest BCUT2D eigenvalue weighted by Crippen LogP contribution is 2.23. The lowest BCUT2D eigenvalue weighted by atomic mass is 9.91. The average molecular weight is 276 g/mol. The normalized spacial score (nSPS) is 19.2. The second kappa shape index (κ2) is 6.02. The molecule has 1 N–H and O–H groups in total. The van der Waals surface area contributed by atoms with Crippen LogP contribution < -0.4 is 0 Å². The first-order valence-corrected chi connectivity index (χ1v) is 7.39. The Kier molecular flexibility index (Phi) is 4.93. The molecule has 1 aliphatic rings. The smallest absolute Gasteiger partial charge is 0.407 e. The van der Waals surface area contributed by atoms with Gasteiger partial charge in [0.2, 0.25) is 0 Å². The van der Waals surface area contributed by atoms with Crippen LogP contribution in [0.4, 0.5) is 4.79 Å².